The van der Waals surface area contributed by atoms with Crippen LogP contribution in [0.4, 0.5) is 0 Å². The van der Waals surface area contributed by atoms with E-state index >= 15 is 0 Å². The Morgan fingerprint density at radius 1 is 0.857 bits per heavy atom. The number of hydrogen-bond donors (Lipinski definition) is 2. The molecule has 2 N–H and O–H groups in total. The molecule has 0 aromatic heterocycles. The summed E-state index contributed by atoms with van der Waals surface area (Å²) < 4.78 is 14.6. The molecule has 0 amide bonds. The fourth-order valence-electron chi connectivity index (χ4n) is 1.24. The maximum atomic E-state index is 10.5. The minimum atomic E-state index is -1.23. The summed E-state index contributed by atoms with van der Waals surface area (Å²) in [6, 6.07) is 5.48. The standard InChI is InChI=1S/C8H6O4.C6H14O3/c9-7(10)5-3-1-2-4-6(5)8(11)12;1-7-3-5-9-6-4-8-2/h1-4H,(H,9,10)(H,11,12);3-6H2,1-2H3. The van der Waals surface area contributed by atoms with Crippen LogP contribution in [0.15, 0.2) is 24.3 Å². The molecule has 118 valence electrons. The van der Waals surface area contributed by atoms with Crippen LogP contribution in [0.2, 0.25) is 0 Å². The molecule has 0 aliphatic heterocycles. The van der Waals surface area contributed by atoms with Crippen LogP contribution < -0.4 is 0 Å². The largest absolute Gasteiger partial charge is 0.478 e. The van der Waals surface area contributed by atoms with E-state index in [1.165, 1.54) is 24.3 Å². The van der Waals surface area contributed by atoms with E-state index in [2.05, 4.69) is 0 Å². The number of ether oxygens (including phenoxy) is 3. The van der Waals surface area contributed by atoms with E-state index in [0.717, 1.165) is 0 Å². The van der Waals surface area contributed by atoms with Crippen LogP contribution in [0.25, 0.3) is 0 Å². The van der Waals surface area contributed by atoms with Gasteiger partial charge in [0.05, 0.1) is 37.6 Å². The minimum Gasteiger partial charge on any atom is -0.478 e. The van der Waals surface area contributed by atoms with E-state index in [-0.39, 0.29) is 11.1 Å². The van der Waals surface area contributed by atoms with Crippen LogP contribution in [-0.4, -0.2) is 62.8 Å². The molecule has 0 aliphatic carbocycles. The van der Waals surface area contributed by atoms with Gasteiger partial charge >= 0.3 is 11.9 Å². The molecule has 1 rings (SSSR count). The van der Waals surface area contributed by atoms with Gasteiger partial charge in [-0.3, -0.25) is 0 Å². The van der Waals surface area contributed by atoms with Gasteiger partial charge in [0.15, 0.2) is 0 Å². The molecule has 0 bridgehead atoms. The first-order valence-corrected chi connectivity index (χ1v) is 6.15. The number of carboxylic acids is 2. The highest BCUT2D eigenvalue weighted by Gasteiger charge is 2.13. The molecule has 0 aliphatic rings. The topological polar surface area (TPSA) is 102 Å². The summed E-state index contributed by atoms with van der Waals surface area (Å²) in [6.07, 6.45) is 0. The zero-order chi connectivity index (χ0) is 16.1. The van der Waals surface area contributed by atoms with E-state index in [0.29, 0.717) is 26.4 Å². The van der Waals surface area contributed by atoms with Crippen LogP contribution in [0, 0.1) is 0 Å². The number of carbonyl (C=O) groups is 2. The lowest BCUT2D eigenvalue weighted by Gasteiger charge is -2.00. The molecular formula is C14H20O7. The summed E-state index contributed by atoms with van der Waals surface area (Å²) >= 11 is 0. The fourth-order valence-corrected chi connectivity index (χ4v) is 1.24. The summed E-state index contributed by atoms with van der Waals surface area (Å²) in [5.74, 6) is -2.46. The van der Waals surface area contributed by atoms with Crippen molar-refractivity contribution in [2.75, 3.05) is 40.6 Å². The van der Waals surface area contributed by atoms with Crippen molar-refractivity contribution in [2.45, 2.75) is 0 Å². The van der Waals surface area contributed by atoms with Gasteiger partial charge < -0.3 is 24.4 Å². The third kappa shape index (κ3) is 8.74. The Balaban J connectivity index is 0.000000400. The highest BCUT2D eigenvalue weighted by atomic mass is 16.5. The zero-order valence-corrected chi connectivity index (χ0v) is 12.1. The zero-order valence-electron chi connectivity index (χ0n) is 12.1. The van der Waals surface area contributed by atoms with E-state index in [9.17, 15) is 9.59 Å². The quantitative estimate of drug-likeness (QED) is 0.699. The van der Waals surface area contributed by atoms with Crippen LogP contribution in [0.5, 0.6) is 0 Å². The Bertz CT molecular complexity index is 392. The molecule has 1 aromatic rings. The highest BCUT2D eigenvalue weighted by molar-refractivity contribution is 6.01. The first kappa shape index (κ1) is 19.0. The lowest BCUT2D eigenvalue weighted by atomic mass is 10.1. The predicted octanol–water partition coefficient (Wildman–Crippen LogP) is 1.38. The summed E-state index contributed by atoms with van der Waals surface area (Å²) in [7, 11) is 3.30. The third-order valence-corrected chi connectivity index (χ3v) is 2.25. The van der Waals surface area contributed by atoms with Crippen LogP contribution in [-0.2, 0) is 14.2 Å². The smallest absolute Gasteiger partial charge is 0.336 e. The van der Waals surface area contributed by atoms with Gasteiger partial charge in [0.1, 0.15) is 0 Å². The molecule has 7 nitrogen and oxygen atoms in total. The molecule has 1 aromatic carbocycles. The molecule has 0 spiro atoms. The van der Waals surface area contributed by atoms with Gasteiger partial charge in [0, 0.05) is 14.2 Å². The number of carboxylic acid groups (broad SMARTS) is 2. The van der Waals surface area contributed by atoms with Gasteiger partial charge in [-0.2, -0.15) is 0 Å². The van der Waals surface area contributed by atoms with E-state index < -0.39 is 11.9 Å². The summed E-state index contributed by atoms with van der Waals surface area (Å²) in [5.41, 5.74) is -0.380. The predicted molar refractivity (Wildman–Crippen MR) is 74.9 cm³/mol. The average molecular weight is 300 g/mol. The Morgan fingerprint density at radius 2 is 1.24 bits per heavy atom. The lowest BCUT2D eigenvalue weighted by molar-refractivity contribution is 0.0385. The Hall–Kier alpha value is -1.96. The monoisotopic (exact) mass is 300 g/mol. The van der Waals surface area contributed by atoms with Crippen molar-refractivity contribution in [3.8, 4) is 0 Å². The summed E-state index contributed by atoms with van der Waals surface area (Å²) in [5, 5.41) is 17.1. The molecular weight excluding hydrogens is 280 g/mol. The van der Waals surface area contributed by atoms with E-state index in [4.69, 9.17) is 24.4 Å². The molecule has 0 heterocycles. The molecule has 0 unspecified atom stereocenters. The normalized spacial score (nSPS) is 9.62. The lowest BCUT2D eigenvalue weighted by Crippen LogP contribution is -2.06. The molecule has 21 heavy (non-hydrogen) atoms. The number of aromatic carboxylic acids is 2. The Morgan fingerprint density at radius 3 is 1.52 bits per heavy atom. The van der Waals surface area contributed by atoms with E-state index in [1.54, 1.807) is 14.2 Å². The van der Waals surface area contributed by atoms with Crippen molar-refractivity contribution in [1.29, 1.82) is 0 Å². The van der Waals surface area contributed by atoms with Crippen molar-refractivity contribution in [3.05, 3.63) is 35.4 Å². The maximum Gasteiger partial charge on any atom is 0.336 e. The maximum absolute atomic E-state index is 10.5. The number of rotatable bonds is 8. The molecule has 7 heteroatoms. The summed E-state index contributed by atoms with van der Waals surface area (Å²) in [4.78, 5) is 20.9. The van der Waals surface area contributed by atoms with Gasteiger partial charge in [0.2, 0.25) is 0 Å². The van der Waals surface area contributed by atoms with Gasteiger partial charge in [-0.25, -0.2) is 9.59 Å². The van der Waals surface area contributed by atoms with Crippen LogP contribution in [0.3, 0.4) is 0 Å². The third-order valence-electron chi connectivity index (χ3n) is 2.25. The van der Waals surface area contributed by atoms with Crippen molar-refractivity contribution in [1.82, 2.24) is 0 Å². The van der Waals surface area contributed by atoms with Crippen molar-refractivity contribution in [2.24, 2.45) is 0 Å². The fraction of sp³-hybridized carbons (Fsp3) is 0.429. The highest BCUT2D eigenvalue weighted by Crippen LogP contribution is 2.07. The van der Waals surface area contributed by atoms with Crippen LogP contribution >= 0.6 is 0 Å². The van der Waals surface area contributed by atoms with Gasteiger partial charge in [-0.05, 0) is 12.1 Å². The van der Waals surface area contributed by atoms with Gasteiger partial charge in [-0.1, -0.05) is 12.1 Å². The van der Waals surface area contributed by atoms with E-state index in [1.807, 2.05) is 0 Å². The van der Waals surface area contributed by atoms with Crippen molar-refractivity contribution >= 4 is 11.9 Å². The Kier molecular flexibility index (Phi) is 10.7. The number of methoxy groups -OCH3 is 2. The first-order chi connectivity index (χ1) is 10.0. The molecule has 0 fully saturated rings. The summed E-state index contributed by atoms with van der Waals surface area (Å²) in [6.45, 7) is 2.62. The number of benzene rings is 1. The molecule has 0 saturated heterocycles. The van der Waals surface area contributed by atoms with Crippen molar-refractivity contribution in [3.63, 3.8) is 0 Å². The minimum absolute atomic E-state index is 0.190. The Labute approximate surface area is 123 Å². The second-order valence-corrected chi connectivity index (χ2v) is 3.75. The van der Waals surface area contributed by atoms with Gasteiger partial charge in [0.25, 0.3) is 0 Å². The second-order valence-electron chi connectivity index (χ2n) is 3.75. The SMILES string of the molecule is COCCOCCOC.O=C(O)c1ccccc1C(=O)O. The molecule has 0 saturated carbocycles. The first-order valence-electron chi connectivity index (χ1n) is 6.15. The second kappa shape index (κ2) is 11.8. The number of hydrogen-bond acceptors (Lipinski definition) is 5. The molecule has 0 radical (unpaired) electrons. The van der Waals surface area contributed by atoms with Crippen LogP contribution in [0.1, 0.15) is 20.7 Å². The van der Waals surface area contributed by atoms with Crippen molar-refractivity contribution < 1.29 is 34.0 Å². The van der Waals surface area contributed by atoms with Gasteiger partial charge in [-0.15, -0.1) is 0 Å². The average Bonchev–Trinajstić information content (AvgIpc) is 2.48. The molecule has 0 atom stereocenters.